The summed E-state index contributed by atoms with van der Waals surface area (Å²) >= 11 is 0. The van der Waals surface area contributed by atoms with Crippen molar-refractivity contribution in [3.05, 3.63) is 35.2 Å². The van der Waals surface area contributed by atoms with Gasteiger partial charge in [-0.05, 0) is 54.3 Å². The van der Waals surface area contributed by atoms with E-state index in [9.17, 15) is 4.79 Å². The third-order valence-electron chi connectivity index (χ3n) is 4.89. The Morgan fingerprint density at radius 1 is 1.40 bits per heavy atom. The summed E-state index contributed by atoms with van der Waals surface area (Å²) in [5, 5.41) is 14.8. The fourth-order valence-corrected chi connectivity index (χ4v) is 3.69. The highest BCUT2D eigenvalue weighted by Gasteiger charge is 2.30. The van der Waals surface area contributed by atoms with Crippen LogP contribution in [-0.2, 0) is 24.3 Å². The van der Waals surface area contributed by atoms with Crippen LogP contribution in [0, 0.1) is 0 Å². The molecule has 2 aliphatic heterocycles. The third kappa shape index (κ3) is 3.23. The molecule has 4 rings (SSSR count). The van der Waals surface area contributed by atoms with Gasteiger partial charge in [-0.15, -0.1) is 5.10 Å². The SMILES string of the molecule is CC1(C)Cc2cc(CNC(=O)[C@@H]3CCCCn4nnnc43)ccc2O1. The molecule has 0 fully saturated rings. The van der Waals surface area contributed by atoms with Gasteiger partial charge in [0.25, 0.3) is 0 Å². The van der Waals surface area contributed by atoms with E-state index in [1.807, 2.05) is 12.1 Å². The normalized spacial score (nSPS) is 21.0. The lowest BCUT2D eigenvalue weighted by atomic mass is 9.99. The van der Waals surface area contributed by atoms with Crippen molar-refractivity contribution in [2.45, 2.75) is 64.1 Å². The Morgan fingerprint density at radius 2 is 2.28 bits per heavy atom. The molecular formula is C18H23N5O2. The van der Waals surface area contributed by atoms with Gasteiger partial charge < -0.3 is 10.1 Å². The quantitative estimate of drug-likeness (QED) is 0.923. The van der Waals surface area contributed by atoms with E-state index in [1.54, 1.807) is 4.68 Å². The summed E-state index contributed by atoms with van der Waals surface area (Å²) in [4.78, 5) is 12.7. The Bertz CT molecular complexity index is 799. The van der Waals surface area contributed by atoms with Crippen LogP contribution in [0.4, 0.5) is 0 Å². The molecule has 0 saturated carbocycles. The van der Waals surface area contributed by atoms with Gasteiger partial charge in [0.05, 0.1) is 5.92 Å². The molecule has 0 bridgehead atoms. The Labute approximate surface area is 146 Å². The molecule has 1 aromatic carbocycles. The van der Waals surface area contributed by atoms with Crippen LogP contribution >= 0.6 is 0 Å². The molecule has 0 unspecified atom stereocenters. The van der Waals surface area contributed by atoms with Gasteiger partial charge in [-0.25, -0.2) is 4.68 Å². The first-order valence-electron chi connectivity index (χ1n) is 8.86. The standard InChI is InChI=1S/C18H23N5O2/c1-18(2)10-13-9-12(6-7-15(13)25-18)11-19-17(24)14-5-3-4-8-23-16(14)20-21-22-23/h6-7,9,14H,3-5,8,10-11H2,1-2H3,(H,19,24)/t14-/m1/s1. The number of amides is 1. The number of aromatic nitrogens is 4. The number of tetrazole rings is 1. The van der Waals surface area contributed by atoms with Gasteiger partial charge in [0.1, 0.15) is 11.4 Å². The predicted octanol–water partition coefficient (Wildman–Crippen LogP) is 1.97. The Morgan fingerprint density at radius 3 is 3.16 bits per heavy atom. The predicted molar refractivity (Wildman–Crippen MR) is 91.1 cm³/mol. The second kappa shape index (κ2) is 6.13. The molecule has 132 valence electrons. The summed E-state index contributed by atoms with van der Waals surface area (Å²) in [5.41, 5.74) is 2.14. The number of rotatable bonds is 3. The van der Waals surface area contributed by atoms with Crippen molar-refractivity contribution in [1.82, 2.24) is 25.5 Å². The smallest absolute Gasteiger partial charge is 0.231 e. The van der Waals surface area contributed by atoms with Crippen LogP contribution in [-0.4, -0.2) is 31.7 Å². The van der Waals surface area contributed by atoms with Crippen molar-refractivity contribution in [3.8, 4) is 5.75 Å². The number of carbonyl (C=O) groups is 1. The third-order valence-corrected chi connectivity index (χ3v) is 4.89. The number of benzene rings is 1. The maximum Gasteiger partial charge on any atom is 0.231 e. The van der Waals surface area contributed by atoms with Crippen molar-refractivity contribution in [3.63, 3.8) is 0 Å². The first-order chi connectivity index (χ1) is 12.0. The van der Waals surface area contributed by atoms with Crippen LogP contribution in [0.2, 0.25) is 0 Å². The molecule has 2 aliphatic rings. The summed E-state index contributed by atoms with van der Waals surface area (Å²) in [6, 6.07) is 6.14. The van der Waals surface area contributed by atoms with Gasteiger partial charge >= 0.3 is 0 Å². The molecule has 0 aliphatic carbocycles. The zero-order chi connectivity index (χ0) is 17.4. The second-order valence-corrected chi connectivity index (χ2v) is 7.51. The largest absolute Gasteiger partial charge is 0.487 e. The van der Waals surface area contributed by atoms with Crippen LogP contribution in [0.3, 0.4) is 0 Å². The highest BCUT2D eigenvalue weighted by Crippen LogP contribution is 2.35. The second-order valence-electron chi connectivity index (χ2n) is 7.51. The van der Waals surface area contributed by atoms with Crippen LogP contribution in [0.5, 0.6) is 5.75 Å². The van der Waals surface area contributed by atoms with E-state index in [2.05, 4.69) is 40.8 Å². The molecule has 2 aromatic rings. The zero-order valence-electron chi connectivity index (χ0n) is 14.7. The molecule has 7 heteroatoms. The maximum absolute atomic E-state index is 12.7. The van der Waals surface area contributed by atoms with E-state index < -0.39 is 0 Å². The summed E-state index contributed by atoms with van der Waals surface area (Å²) in [5.74, 6) is 1.35. The van der Waals surface area contributed by atoms with Gasteiger partial charge in [-0.3, -0.25) is 4.79 Å². The highest BCUT2D eigenvalue weighted by molar-refractivity contribution is 5.82. The van der Waals surface area contributed by atoms with Crippen LogP contribution in [0.25, 0.3) is 0 Å². The number of aryl methyl sites for hydroxylation is 1. The van der Waals surface area contributed by atoms with Crippen LogP contribution in [0.1, 0.15) is 56.0 Å². The van der Waals surface area contributed by atoms with Crippen LogP contribution < -0.4 is 10.1 Å². The molecule has 1 amide bonds. The molecule has 1 atom stereocenters. The number of nitrogens with one attached hydrogen (secondary N) is 1. The number of hydrogen-bond acceptors (Lipinski definition) is 5. The minimum Gasteiger partial charge on any atom is -0.487 e. The van der Waals surface area contributed by atoms with Crippen molar-refractivity contribution in [1.29, 1.82) is 0 Å². The minimum absolute atomic E-state index is 0.00460. The molecule has 1 N–H and O–H groups in total. The van der Waals surface area contributed by atoms with Gasteiger partial charge in [-0.2, -0.15) is 0 Å². The van der Waals surface area contributed by atoms with Gasteiger partial charge in [0, 0.05) is 19.5 Å². The first-order valence-corrected chi connectivity index (χ1v) is 8.86. The van der Waals surface area contributed by atoms with E-state index in [0.717, 1.165) is 43.5 Å². The lowest BCUT2D eigenvalue weighted by molar-refractivity contribution is -0.123. The summed E-state index contributed by atoms with van der Waals surface area (Å²) < 4.78 is 7.66. The summed E-state index contributed by atoms with van der Waals surface area (Å²) in [7, 11) is 0. The van der Waals surface area contributed by atoms with Crippen molar-refractivity contribution in [2.24, 2.45) is 0 Å². The van der Waals surface area contributed by atoms with E-state index in [-0.39, 0.29) is 17.4 Å². The van der Waals surface area contributed by atoms with Crippen molar-refractivity contribution >= 4 is 5.91 Å². The number of nitrogens with zero attached hydrogens (tertiary/aromatic N) is 4. The van der Waals surface area contributed by atoms with Crippen molar-refractivity contribution in [2.75, 3.05) is 0 Å². The van der Waals surface area contributed by atoms with E-state index in [0.29, 0.717) is 12.4 Å². The van der Waals surface area contributed by atoms with E-state index in [4.69, 9.17) is 4.74 Å². The van der Waals surface area contributed by atoms with Gasteiger partial charge in [0.2, 0.25) is 5.91 Å². The lowest BCUT2D eigenvalue weighted by Gasteiger charge is -2.16. The number of ether oxygens (including phenoxy) is 1. The molecule has 3 heterocycles. The van der Waals surface area contributed by atoms with E-state index >= 15 is 0 Å². The average Bonchev–Trinajstić information content (AvgIpc) is 3.08. The summed E-state index contributed by atoms with van der Waals surface area (Å²) in [6.07, 6.45) is 3.68. The topological polar surface area (TPSA) is 81.9 Å². The van der Waals surface area contributed by atoms with Gasteiger partial charge in [-0.1, -0.05) is 18.6 Å². The Balaban J connectivity index is 1.43. The average molecular weight is 341 g/mol. The Hall–Kier alpha value is -2.44. The number of fused-ring (bicyclic) bond motifs is 2. The summed E-state index contributed by atoms with van der Waals surface area (Å²) in [6.45, 7) is 5.46. The Kier molecular flexibility index (Phi) is 3.94. The fourth-order valence-electron chi connectivity index (χ4n) is 3.69. The van der Waals surface area contributed by atoms with Crippen molar-refractivity contribution < 1.29 is 9.53 Å². The van der Waals surface area contributed by atoms with Gasteiger partial charge in [0.15, 0.2) is 5.82 Å². The minimum atomic E-state index is -0.269. The number of carbonyl (C=O) groups excluding carboxylic acids is 1. The monoisotopic (exact) mass is 341 g/mol. The highest BCUT2D eigenvalue weighted by atomic mass is 16.5. The van der Waals surface area contributed by atoms with E-state index in [1.165, 1.54) is 5.56 Å². The molecule has 0 spiro atoms. The fraction of sp³-hybridized carbons (Fsp3) is 0.556. The maximum atomic E-state index is 12.7. The molecular weight excluding hydrogens is 318 g/mol. The first kappa shape index (κ1) is 16.1. The molecule has 25 heavy (non-hydrogen) atoms. The zero-order valence-corrected chi connectivity index (χ0v) is 14.7. The molecule has 7 nitrogen and oxygen atoms in total. The molecule has 1 aromatic heterocycles. The molecule has 0 saturated heterocycles. The number of hydrogen-bond donors (Lipinski definition) is 1. The molecule has 0 radical (unpaired) electrons. The lowest BCUT2D eigenvalue weighted by Crippen LogP contribution is -2.30. The van der Waals surface area contributed by atoms with Crippen LogP contribution in [0.15, 0.2) is 18.2 Å².